The Labute approximate surface area is 109 Å². The summed E-state index contributed by atoms with van der Waals surface area (Å²) in [5.74, 6) is -0.689. The molecule has 0 atom stereocenters. The van der Waals surface area contributed by atoms with Crippen LogP contribution in [-0.2, 0) is 6.18 Å². The molecule has 0 saturated heterocycles. The van der Waals surface area contributed by atoms with Crippen molar-refractivity contribution in [2.75, 3.05) is 5.32 Å². The van der Waals surface area contributed by atoms with Crippen LogP contribution in [0.25, 0.3) is 0 Å². The van der Waals surface area contributed by atoms with E-state index < -0.39 is 17.1 Å². The van der Waals surface area contributed by atoms with Crippen LogP contribution < -0.4 is 5.32 Å². The average Bonchev–Trinajstić information content (AvgIpc) is 2.72. The Kier molecular flexibility index (Phi) is 3.47. The fourth-order valence-corrected chi connectivity index (χ4v) is 2.08. The van der Waals surface area contributed by atoms with Crippen molar-refractivity contribution < 1.29 is 18.0 Å². The highest BCUT2D eigenvalue weighted by Gasteiger charge is 2.36. The van der Waals surface area contributed by atoms with Crippen LogP contribution in [0.3, 0.4) is 0 Å². The Hall–Kier alpha value is -2.03. The molecule has 2 aromatic heterocycles. The molecule has 0 bridgehead atoms. The number of hydrogen-bond acceptors (Lipinski definition) is 5. The van der Waals surface area contributed by atoms with Crippen LogP contribution in [0.5, 0.6) is 0 Å². The summed E-state index contributed by atoms with van der Waals surface area (Å²) in [5, 5.41) is 1.25. The second kappa shape index (κ2) is 4.92. The fourth-order valence-electron chi connectivity index (χ4n) is 1.25. The van der Waals surface area contributed by atoms with E-state index in [1.165, 1.54) is 19.3 Å². The zero-order valence-corrected chi connectivity index (χ0v) is 10.3. The highest BCUT2D eigenvalue weighted by atomic mass is 32.1. The summed E-state index contributed by atoms with van der Waals surface area (Å²) in [6.45, 7) is 1.34. The van der Waals surface area contributed by atoms with Crippen LogP contribution in [0.4, 0.5) is 19.1 Å². The standard InChI is InChI=1S/C10H7F3N4OS/c1-5-6(19-8(16-5)10(11,12)13)7(18)17-9-14-3-2-4-15-9/h2-4H,1H3,(H,14,15,17,18). The van der Waals surface area contributed by atoms with Gasteiger partial charge in [-0.1, -0.05) is 0 Å². The molecular weight excluding hydrogens is 281 g/mol. The molecule has 1 amide bonds. The van der Waals surface area contributed by atoms with Gasteiger partial charge in [0, 0.05) is 12.4 Å². The monoisotopic (exact) mass is 288 g/mol. The van der Waals surface area contributed by atoms with Crippen molar-refractivity contribution in [2.45, 2.75) is 13.1 Å². The first-order chi connectivity index (χ1) is 8.88. The van der Waals surface area contributed by atoms with Crippen molar-refractivity contribution in [1.82, 2.24) is 15.0 Å². The number of aromatic nitrogens is 3. The lowest BCUT2D eigenvalue weighted by Crippen LogP contribution is -2.13. The number of carbonyl (C=O) groups is 1. The largest absolute Gasteiger partial charge is 0.443 e. The Morgan fingerprint density at radius 3 is 2.47 bits per heavy atom. The first-order valence-electron chi connectivity index (χ1n) is 5.01. The van der Waals surface area contributed by atoms with E-state index >= 15 is 0 Å². The summed E-state index contributed by atoms with van der Waals surface area (Å²) < 4.78 is 37.4. The summed E-state index contributed by atoms with van der Waals surface area (Å²) in [7, 11) is 0. The van der Waals surface area contributed by atoms with Crippen LogP contribution in [0, 0.1) is 6.92 Å². The van der Waals surface area contributed by atoms with Crippen LogP contribution in [0.15, 0.2) is 18.5 Å². The van der Waals surface area contributed by atoms with Crippen molar-refractivity contribution in [3.05, 3.63) is 34.0 Å². The van der Waals surface area contributed by atoms with Gasteiger partial charge in [-0.3, -0.25) is 10.1 Å². The number of nitrogens with one attached hydrogen (secondary N) is 1. The smallest absolute Gasteiger partial charge is 0.290 e. The van der Waals surface area contributed by atoms with Gasteiger partial charge in [-0.2, -0.15) is 13.2 Å². The van der Waals surface area contributed by atoms with Crippen molar-refractivity contribution in [3.8, 4) is 0 Å². The molecule has 2 rings (SSSR count). The maximum Gasteiger partial charge on any atom is 0.443 e. The van der Waals surface area contributed by atoms with E-state index in [0.717, 1.165) is 0 Å². The summed E-state index contributed by atoms with van der Waals surface area (Å²) in [4.78, 5) is 22.5. The van der Waals surface area contributed by atoms with Crippen LogP contribution in [0.2, 0.25) is 0 Å². The van der Waals surface area contributed by atoms with Gasteiger partial charge < -0.3 is 0 Å². The maximum absolute atomic E-state index is 12.5. The third kappa shape index (κ3) is 3.05. The minimum absolute atomic E-state index is 0.0192. The lowest BCUT2D eigenvalue weighted by Gasteiger charge is -2.01. The molecule has 0 aliphatic rings. The molecule has 100 valence electrons. The Morgan fingerprint density at radius 2 is 1.95 bits per heavy atom. The zero-order chi connectivity index (χ0) is 14.0. The molecule has 9 heteroatoms. The highest BCUT2D eigenvalue weighted by Crippen LogP contribution is 2.34. The molecule has 0 fully saturated rings. The fraction of sp³-hybridized carbons (Fsp3) is 0.200. The molecule has 2 aromatic rings. The summed E-state index contributed by atoms with van der Waals surface area (Å²) >= 11 is 0.290. The lowest BCUT2D eigenvalue weighted by atomic mass is 10.4. The number of alkyl halides is 3. The van der Waals surface area contributed by atoms with Crippen LogP contribution in [0.1, 0.15) is 20.4 Å². The van der Waals surface area contributed by atoms with E-state index in [1.807, 2.05) is 0 Å². The van der Waals surface area contributed by atoms with Crippen LogP contribution >= 0.6 is 11.3 Å². The van der Waals surface area contributed by atoms with E-state index in [2.05, 4.69) is 20.3 Å². The predicted octanol–water partition coefficient (Wildman–Crippen LogP) is 2.51. The molecule has 2 heterocycles. The lowest BCUT2D eigenvalue weighted by molar-refractivity contribution is -0.137. The van der Waals surface area contributed by atoms with Gasteiger partial charge in [-0.15, -0.1) is 11.3 Å². The molecule has 0 spiro atoms. The number of thiazole rings is 1. The third-order valence-electron chi connectivity index (χ3n) is 2.04. The highest BCUT2D eigenvalue weighted by molar-refractivity contribution is 7.14. The minimum Gasteiger partial charge on any atom is -0.290 e. The van der Waals surface area contributed by atoms with E-state index in [-0.39, 0.29) is 16.5 Å². The second-order valence-electron chi connectivity index (χ2n) is 3.46. The molecule has 0 aliphatic carbocycles. The molecule has 5 nitrogen and oxygen atoms in total. The Morgan fingerprint density at radius 1 is 1.32 bits per heavy atom. The molecule has 19 heavy (non-hydrogen) atoms. The molecule has 0 aliphatic heterocycles. The average molecular weight is 288 g/mol. The summed E-state index contributed by atoms with van der Waals surface area (Å²) in [5.41, 5.74) is 0.0192. The van der Waals surface area contributed by atoms with Crippen LogP contribution in [-0.4, -0.2) is 20.9 Å². The van der Waals surface area contributed by atoms with Gasteiger partial charge in [0.15, 0.2) is 5.01 Å². The van der Waals surface area contributed by atoms with Gasteiger partial charge in [0.2, 0.25) is 5.95 Å². The number of hydrogen-bond donors (Lipinski definition) is 1. The Balaban J connectivity index is 2.23. The van der Waals surface area contributed by atoms with Crippen molar-refractivity contribution in [2.24, 2.45) is 0 Å². The number of nitrogens with zero attached hydrogens (tertiary/aromatic N) is 3. The predicted molar refractivity (Wildman–Crippen MR) is 61.8 cm³/mol. The molecule has 0 aromatic carbocycles. The van der Waals surface area contributed by atoms with Gasteiger partial charge in [0.25, 0.3) is 5.91 Å². The van der Waals surface area contributed by atoms with Gasteiger partial charge in [-0.25, -0.2) is 15.0 Å². The molecule has 1 N–H and O–H groups in total. The number of anilines is 1. The van der Waals surface area contributed by atoms with Crippen molar-refractivity contribution in [1.29, 1.82) is 0 Å². The van der Waals surface area contributed by atoms with E-state index in [9.17, 15) is 18.0 Å². The topological polar surface area (TPSA) is 67.8 Å². The Bertz CT molecular complexity index is 597. The molecule has 0 radical (unpaired) electrons. The van der Waals surface area contributed by atoms with Crippen molar-refractivity contribution in [3.63, 3.8) is 0 Å². The summed E-state index contributed by atoms with van der Waals surface area (Å²) in [6, 6.07) is 1.55. The number of halogens is 3. The number of amides is 1. The van der Waals surface area contributed by atoms with Gasteiger partial charge >= 0.3 is 6.18 Å². The molecule has 0 unspecified atom stereocenters. The van der Waals surface area contributed by atoms with E-state index in [4.69, 9.17) is 0 Å². The van der Waals surface area contributed by atoms with E-state index in [0.29, 0.717) is 11.3 Å². The first kappa shape index (κ1) is 13.4. The number of aryl methyl sites for hydroxylation is 1. The van der Waals surface area contributed by atoms with E-state index in [1.54, 1.807) is 6.07 Å². The number of rotatable bonds is 2. The number of carbonyl (C=O) groups excluding carboxylic acids is 1. The molecular formula is C10H7F3N4OS. The van der Waals surface area contributed by atoms with Gasteiger partial charge in [0.05, 0.1) is 5.69 Å². The quantitative estimate of drug-likeness (QED) is 0.922. The SMILES string of the molecule is Cc1nc(C(F)(F)F)sc1C(=O)Nc1ncccn1. The first-order valence-corrected chi connectivity index (χ1v) is 5.82. The van der Waals surface area contributed by atoms with Crippen molar-refractivity contribution >= 4 is 23.2 Å². The normalized spacial score (nSPS) is 11.4. The summed E-state index contributed by atoms with van der Waals surface area (Å²) in [6.07, 6.45) is -1.75. The molecule has 0 saturated carbocycles. The van der Waals surface area contributed by atoms with Gasteiger partial charge in [-0.05, 0) is 13.0 Å². The maximum atomic E-state index is 12.5. The third-order valence-corrected chi connectivity index (χ3v) is 3.24. The van der Waals surface area contributed by atoms with Gasteiger partial charge in [0.1, 0.15) is 4.88 Å². The minimum atomic E-state index is -4.56. The zero-order valence-electron chi connectivity index (χ0n) is 9.52. The second-order valence-corrected chi connectivity index (χ2v) is 4.46.